The van der Waals surface area contributed by atoms with Gasteiger partial charge in [0.25, 0.3) is 0 Å². The van der Waals surface area contributed by atoms with Gasteiger partial charge in [0, 0.05) is 13.5 Å². The SMILES string of the molecule is CC(=O)N1C[C@@H](CC(=O)O)O[C@@H]2COC[C@H]21. The van der Waals surface area contributed by atoms with E-state index in [1.807, 2.05) is 0 Å². The quantitative estimate of drug-likeness (QED) is 0.689. The molecule has 0 spiro atoms. The Morgan fingerprint density at radius 3 is 2.81 bits per heavy atom. The maximum Gasteiger partial charge on any atom is 0.306 e. The molecule has 6 nitrogen and oxygen atoms in total. The second-order valence-electron chi connectivity index (χ2n) is 4.17. The lowest BCUT2D eigenvalue weighted by molar-refractivity contribution is -0.157. The van der Waals surface area contributed by atoms with E-state index in [1.165, 1.54) is 6.92 Å². The molecule has 16 heavy (non-hydrogen) atoms. The van der Waals surface area contributed by atoms with Gasteiger partial charge in [0.2, 0.25) is 5.91 Å². The highest BCUT2D eigenvalue weighted by Gasteiger charge is 2.42. The van der Waals surface area contributed by atoms with Gasteiger partial charge in [0.05, 0.1) is 31.8 Å². The van der Waals surface area contributed by atoms with E-state index in [2.05, 4.69) is 0 Å². The number of carboxylic acid groups (broad SMARTS) is 1. The molecule has 0 aromatic carbocycles. The topological polar surface area (TPSA) is 76.1 Å². The van der Waals surface area contributed by atoms with Gasteiger partial charge < -0.3 is 19.5 Å². The van der Waals surface area contributed by atoms with Crippen LogP contribution in [-0.2, 0) is 19.1 Å². The van der Waals surface area contributed by atoms with Crippen molar-refractivity contribution in [3.05, 3.63) is 0 Å². The molecule has 0 bridgehead atoms. The lowest BCUT2D eigenvalue weighted by Crippen LogP contribution is -2.56. The Morgan fingerprint density at radius 2 is 2.19 bits per heavy atom. The molecule has 3 atom stereocenters. The number of carbonyl (C=O) groups excluding carboxylic acids is 1. The highest BCUT2D eigenvalue weighted by Crippen LogP contribution is 2.25. The first-order chi connectivity index (χ1) is 7.58. The third kappa shape index (κ3) is 2.17. The van der Waals surface area contributed by atoms with E-state index in [9.17, 15) is 9.59 Å². The molecule has 2 aliphatic rings. The van der Waals surface area contributed by atoms with Gasteiger partial charge in [0.15, 0.2) is 0 Å². The first kappa shape index (κ1) is 11.3. The van der Waals surface area contributed by atoms with Gasteiger partial charge in [0.1, 0.15) is 6.10 Å². The highest BCUT2D eigenvalue weighted by molar-refractivity contribution is 5.74. The van der Waals surface area contributed by atoms with E-state index >= 15 is 0 Å². The summed E-state index contributed by atoms with van der Waals surface area (Å²) in [6.45, 7) is 2.74. The number of rotatable bonds is 2. The molecule has 90 valence electrons. The zero-order chi connectivity index (χ0) is 11.7. The minimum absolute atomic E-state index is 0.0532. The standard InChI is InChI=1S/C10H15NO5/c1-6(12)11-3-7(2-10(13)14)16-9-5-15-4-8(9)11/h7-9H,2-5H2,1H3,(H,13,14)/t7-,8-,9-/m1/s1. The van der Waals surface area contributed by atoms with E-state index in [0.29, 0.717) is 19.8 Å². The van der Waals surface area contributed by atoms with Gasteiger partial charge in [-0.05, 0) is 0 Å². The number of ether oxygens (including phenoxy) is 2. The average Bonchev–Trinajstić information content (AvgIpc) is 2.62. The molecule has 0 saturated carbocycles. The summed E-state index contributed by atoms with van der Waals surface area (Å²) in [4.78, 5) is 23.7. The largest absolute Gasteiger partial charge is 0.481 e. The van der Waals surface area contributed by atoms with Crippen LogP contribution in [0.5, 0.6) is 0 Å². The van der Waals surface area contributed by atoms with E-state index in [4.69, 9.17) is 14.6 Å². The van der Waals surface area contributed by atoms with Crippen molar-refractivity contribution in [1.82, 2.24) is 4.90 Å². The molecule has 2 saturated heterocycles. The zero-order valence-electron chi connectivity index (χ0n) is 9.09. The lowest BCUT2D eigenvalue weighted by atomic mass is 10.1. The monoisotopic (exact) mass is 229 g/mol. The van der Waals surface area contributed by atoms with E-state index in [0.717, 1.165) is 0 Å². The van der Waals surface area contributed by atoms with Crippen LogP contribution in [0.1, 0.15) is 13.3 Å². The Bertz CT molecular complexity index is 306. The van der Waals surface area contributed by atoms with Crippen molar-refractivity contribution in [3.8, 4) is 0 Å². The zero-order valence-corrected chi connectivity index (χ0v) is 9.09. The number of fused-ring (bicyclic) bond motifs is 1. The smallest absolute Gasteiger partial charge is 0.306 e. The Kier molecular flexibility index (Phi) is 3.11. The van der Waals surface area contributed by atoms with Crippen LogP contribution in [0.3, 0.4) is 0 Å². The minimum Gasteiger partial charge on any atom is -0.481 e. The molecular weight excluding hydrogens is 214 g/mol. The molecule has 2 aliphatic heterocycles. The summed E-state index contributed by atoms with van der Waals surface area (Å²) in [5.41, 5.74) is 0. The third-order valence-corrected chi connectivity index (χ3v) is 2.97. The Balaban J connectivity index is 2.06. The Morgan fingerprint density at radius 1 is 1.44 bits per heavy atom. The number of morpholine rings is 1. The average molecular weight is 229 g/mol. The highest BCUT2D eigenvalue weighted by atomic mass is 16.6. The van der Waals surface area contributed by atoms with Crippen molar-refractivity contribution < 1.29 is 24.2 Å². The second kappa shape index (κ2) is 4.39. The molecule has 1 amide bonds. The summed E-state index contributed by atoms with van der Waals surface area (Å²) < 4.78 is 10.9. The van der Waals surface area contributed by atoms with Gasteiger partial charge in [-0.2, -0.15) is 0 Å². The van der Waals surface area contributed by atoms with Crippen molar-refractivity contribution in [2.24, 2.45) is 0 Å². The molecule has 2 fully saturated rings. The van der Waals surface area contributed by atoms with Gasteiger partial charge in [-0.15, -0.1) is 0 Å². The molecule has 0 aromatic rings. The normalized spacial score (nSPS) is 33.6. The fourth-order valence-electron chi connectivity index (χ4n) is 2.26. The second-order valence-corrected chi connectivity index (χ2v) is 4.17. The number of hydrogen-bond donors (Lipinski definition) is 1. The lowest BCUT2D eigenvalue weighted by Gasteiger charge is -2.39. The van der Waals surface area contributed by atoms with Crippen LogP contribution in [-0.4, -0.2) is 59.9 Å². The van der Waals surface area contributed by atoms with Crippen LogP contribution in [0, 0.1) is 0 Å². The van der Waals surface area contributed by atoms with Crippen LogP contribution >= 0.6 is 0 Å². The maximum absolute atomic E-state index is 11.4. The summed E-state index contributed by atoms with van der Waals surface area (Å²) in [7, 11) is 0. The fraction of sp³-hybridized carbons (Fsp3) is 0.800. The molecule has 6 heteroatoms. The number of nitrogens with zero attached hydrogens (tertiary/aromatic N) is 1. The first-order valence-corrected chi connectivity index (χ1v) is 5.30. The number of carboxylic acids is 1. The van der Waals surface area contributed by atoms with Crippen molar-refractivity contribution in [2.75, 3.05) is 19.8 Å². The van der Waals surface area contributed by atoms with Gasteiger partial charge >= 0.3 is 5.97 Å². The molecule has 0 radical (unpaired) electrons. The van der Waals surface area contributed by atoms with E-state index in [-0.39, 0.29) is 24.5 Å². The minimum atomic E-state index is -0.911. The molecule has 0 aliphatic carbocycles. The maximum atomic E-state index is 11.4. The van der Waals surface area contributed by atoms with Crippen molar-refractivity contribution in [2.45, 2.75) is 31.6 Å². The van der Waals surface area contributed by atoms with Crippen molar-refractivity contribution >= 4 is 11.9 Å². The number of aliphatic carboxylic acids is 1. The van der Waals surface area contributed by atoms with E-state index in [1.54, 1.807) is 4.90 Å². The summed E-state index contributed by atoms with van der Waals surface area (Å²) in [5, 5.41) is 8.72. The number of amides is 1. The summed E-state index contributed by atoms with van der Waals surface area (Å²) >= 11 is 0. The van der Waals surface area contributed by atoms with Crippen LogP contribution in [0.25, 0.3) is 0 Å². The first-order valence-electron chi connectivity index (χ1n) is 5.30. The molecule has 1 N–H and O–H groups in total. The summed E-state index contributed by atoms with van der Waals surface area (Å²) in [5.74, 6) is -0.968. The summed E-state index contributed by atoms with van der Waals surface area (Å²) in [6, 6.07) is -0.0532. The van der Waals surface area contributed by atoms with Crippen LogP contribution in [0.2, 0.25) is 0 Å². The number of hydrogen-bond acceptors (Lipinski definition) is 4. The molecule has 0 unspecified atom stereocenters. The van der Waals surface area contributed by atoms with Crippen LogP contribution < -0.4 is 0 Å². The predicted octanol–water partition coefficient (Wildman–Crippen LogP) is -0.524. The van der Waals surface area contributed by atoms with E-state index < -0.39 is 12.1 Å². The van der Waals surface area contributed by atoms with Gasteiger partial charge in [-0.1, -0.05) is 0 Å². The third-order valence-electron chi connectivity index (χ3n) is 2.97. The van der Waals surface area contributed by atoms with Crippen LogP contribution in [0.15, 0.2) is 0 Å². The molecule has 2 rings (SSSR count). The Hall–Kier alpha value is -1.14. The molecule has 2 heterocycles. The fourth-order valence-corrected chi connectivity index (χ4v) is 2.26. The molecule has 0 aromatic heterocycles. The van der Waals surface area contributed by atoms with Crippen molar-refractivity contribution in [3.63, 3.8) is 0 Å². The molecular formula is C10H15NO5. The van der Waals surface area contributed by atoms with Gasteiger partial charge in [-0.3, -0.25) is 9.59 Å². The number of carbonyl (C=O) groups is 2. The van der Waals surface area contributed by atoms with Crippen LogP contribution in [0.4, 0.5) is 0 Å². The predicted molar refractivity (Wildman–Crippen MR) is 52.9 cm³/mol. The van der Waals surface area contributed by atoms with Gasteiger partial charge in [-0.25, -0.2) is 0 Å². The summed E-state index contributed by atoms with van der Waals surface area (Å²) in [6.07, 6.45) is -0.682. The Labute approximate surface area is 93.1 Å². The van der Waals surface area contributed by atoms with Crippen molar-refractivity contribution in [1.29, 1.82) is 0 Å².